The summed E-state index contributed by atoms with van der Waals surface area (Å²) in [4.78, 5) is 33.6. The minimum atomic E-state index is -0.268. The Morgan fingerprint density at radius 2 is 1.94 bits per heavy atom. The van der Waals surface area contributed by atoms with Gasteiger partial charge < -0.3 is 10.3 Å². The van der Waals surface area contributed by atoms with E-state index in [1.807, 2.05) is 51.1 Å². The second-order valence-electron chi connectivity index (χ2n) is 10.00. The highest BCUT2D eigenvalue weighted by molar-refractivity contribution is 6.04. The molecule has 4 aromatic rings. The predicted octanol–water partition coefficient (Wildman–Crippen LogP) is 5.39. The number of ketones is 1. The molecule has 7 nitrogen and oxygen atoms in total. The van der Waals surface area contributed by atoms with E-state index in [0.29, 0.717) is 24.2 Å². The number of fused-ring (bicyclic) bond motifs is 1. The summed E-state index contributed by atoms with van der Waals surface area (Å²) in [7, 11) is 0. The van der Waals surface area contributed by atoms with E-state index in [1.165, 1.54) is 0 Å². The van der Waals surface area contributed by atoms with Crippen molar-refractivity contribution in [2.45, 2.75) is 52.0 Å². The number of pyridine rings is 1. The highest BCUT2D eigenvalue weighted by Gasteiger charge is 2.27. The zero-order valence-electron chi connectivity index (χ0n) is 20.3. The van der Waals surface area contributed by atoms with Crippen molar-refractivity contribution in [2.75, 3.05) is 5.32 Å². The van der Waals surface area contributed by atoms with Gasteiger partial charge in [0, 0.05) is 42.1 Å². The number of hydrogen-bond acceptors (Lipinski definition) is 4. The number of benzene rings is 1. The maximum atomic E-state index is 12.9. The normalized spacial score (nSPS) is 13.5. The third-order valence-electron chi connectivity index (χ3n) is 6.34. The predicted molar refractivity (Wildman–Crippen MR) is 136 cm³/mol. The SMILES string of the molecule is CC(C)(C)n1cc(C(=O)Nc2cc(-c3[nH]c4c(c3Cc3ccccc3)C(=O)CCC4)ccn2)cn1. The number of rotatable bonds is 5. The Hall–Kier alpha value is -4.00. The van der Waals surface area contributed by atoms with Crippen LogP contribution in [0.15, 0.2) is 61.1 Å². The Morgan fingerprint density at radius 3 is 2.69 bits per heavy atom. The van der Waals surface area contributed by atoms with E-state index >= 15 is 0 Å². The standard InChI is InChI=1S/C28H29N5O2/c1-28(2,3)33-17-20(16-30-33)27(35)32-24-15-19(12-13-29-24)26-21(14-18-8-5-4-6-9-18)25-22(31-26)10-7-11-23(25)34/h4-6,8-9,12-13,15-17,31H,7,10-11,14H2,1-3H3,(H,29,32,35). The minimum Gasteiger partial charge on any atom is -0.358 e. The summed E-state index contributed by atoms with van der Waals surface area (Å²) >= 11 is 0. The molecule has 1 aliphatic rings. The molecule has 0 bridgehead atoms. The number of nitrogens with zero attached hydrogens (tertiary/aromatic N) is 3. The van der Waals surface area contributed by atoms with E-state index in [1.54, 1.807) is 23.3 Å². The molecule has 0 radical (unpaired) electrons. The fraction of sp³-hybridized carbons (Fsp3) is 0.286. The van der Waals surface area contributed by atoms with Gasteiger partial charge in [0.25, 0.3) is 5.91 Å². The number of aromatic amines is 1. The molecular weight excluding hydrogens is 438 g/mol. The van der Waals surface area contributed by atoms with Crippen molar-refractivity contribution in [2.24, 2.45) is 0 Å². The second kappa shape index (κ2) is 8.98. The van der Waals surface area contributed by atoms with Crippen LogP contribution in [0, 0.1) is 0 Å². The topological polar surface area (TPSA) is 92.7 Å². The first-order valence-corrected chi connectivity index (χ1v) is 11.9. The average Bonchev–Trinajstić information content (AvgIpc) is 3.47. The lowest BCUT2D eigenvalue weighted by atomic mass is 9.90. The molecule has 1 amide bonds. The summed E-state index contributed by atoms with van der Waals surface area (Å²) in [5.41, 5.74) is 6.03. The summed E-state index contributed by atoms with van der Waals surface area (Å²) in [6, 6.07) is 13.9. The molecular formula is C28H29N5O2. The maximum absolute atomic E-state index is 12.9. The Morgan fingerprint density at radius 1 is 1.14 bits per heavy atom. The first-order chi connectivity index (χ1) is 16.8. The summed E-state index contributed by atoms with van der Waals surface area (Å²) in [6.07, 6.45) is 7.92. The highest BCUT2D eigenvalue weighted by Crippen LogP contribution is 2.35. The van der Waals surface area contributed by atoms with Crippen LogP contribution in [0.1, 0.15) is 71.1 Å². The zero-order valence-corrected chi connectivity index (χ0v) is 20.3. The number of aromatic nitrogens is 4. The summed E-state index contributed by atoms with van der Waals surface area (Å²) in [5.74, 6) is 0.370. The lowest BCUT2D eigenvalue weighted by molar-refractivity contribution is 0.0970. The molecule has 0 saturated carbocycles. The number of H-pyrrole nitrogens is 1. The number of amides is 1. The van der Waals surface area contributed by atoms with Gasteiger partial charge in [0.1, 0.15) is 5.82 Å². The van der Waals surface area contributed by atoms with E-state index in [9.17, 15) is 9.59 Å². The molecule has 3 aromatic heterocycles. The van der Waals surface area contributed by atoms with Crippen molar-refractivity contribution in [3.8, 4) is 11.3 Å². The molecule has 0 unspecified atom stereocenters. The largest absolute Gasteiger partial charge is 0.358 e. The second-order valence-corrected chi connectivity index (χ2v) is 10.00. The highest BCUT2D eigenvalue weighted by atomic mass is 16.1. The first kappa shape index (κ1) is 22.8. The van der Waals surface area contributed by atoms with E-state index in [0.717, 1.165) is 46.5 Å². The van der Waals surface area contributed by atoms with Crippen LogP contribution in [-0.4, -0.2) is 31.4 Å². The number of nitrogens with one attached hydrogen (secondary N) is 2. The molecule has 178 valence electrons. The monoisotopic (exact) mass is 467 g/mol. The average molecular weight is 468 g/mol. The fourth-order valence-electron chi connectivity index (χ4n) is 4.54. The van der Waals surface area contributed by atoms with Crippen LogP contribution in [0.3, 0.4) is 0 Å². The number of carbonyl (C=O) groups is 2. The Kier molecular flexibility index (Phi) is 5.84. The van der Waals surface area contributed by atoms with Crippen molar-refractivity contribution < 1.29 is 9.59 Å². The quantitative estimate of drug-likeness (QED) is 0.412. The molecule has 0 aliphatic heterocycles. The summed E-state index contributed by atoms with van der Waals surface area (Å²) in [5, 5.41) is 7.20. The van der Waals surface area contributed by atoms with Gasteiger partial charge in [-0.2, -0.15) is 5.10 Å². The Labute approximate surface area is 204 Å². The lowest BCUT2D eigenvalue weighted by Crippen LogP contribution is -2.22. The van der Waals surface area contributed by atoms with Gasteiger partial charge in [0.2, 0.25) is 0 Å². The third-order valence-corrected chi connectivity index (χ3v) is 6.34. The van der Waals surface area contributed by atoms with Crippen molar-refractivity contribution in [3.05, 3.63) is 89.0 Å². The van der Waals surface area contributed by atoms with Gasteiger partial charge in [0.05, 0.1) is 23.0 Å². The van der Waals surface area contributed by atoms with E-state index in [-0.39, 0.29) is 17.2 Å². The smallest absolute Gasteiger partial charge is 0.260 e. The number of Topliss-reactive ketones (excluding diaryl/α,β-unsaturated/α-hetero) is 1. The first-order valence-electron chi connectivity index (χ1n) is 11.9. The van der Waals surface area contributed by atoms with Crippen LogP contribution in [0.2, 0.25) is 0 Å². The molecule has 3 heterocycles. The Balaban J connectivity index is 1.47. The van der Waals surface area contributed by atoms with Gasteiger partial charge in [-0.15, -0.1) is 0 Å². The van der Waals surface area contributed by atoms with Gasteiger partial charge in [-0.3, -0.25) is 14.3 Å². The van der Waals surface area contributed by atoms with Gasteiger partial charge in [-0.05, 0) is 56.9 Å². The number of aryl methyl sites for hydroxylation is 1. The number of hydrogen-bond donors (Lipinski definition) is 2. The van der Waals surface area contributed by atoms with Gasteiger partial charge in [0.15, 0.2) is 5.78 Å². The molecule has 0 atom stereocenters. The number of anilines is 1. The molecule has 1 aromatic carbocycles. The minimum absolute atomic E-state index is 0.193. The molecule has 35 heavy (non-hydrogen) atoms. The fourth-order valence-corrected chi connectivity index (χ4v) is 4.54. The van der Waals surface area contributed by atoms with Gasteiger partial charge in [-0.25, -0.2) is 4.98 Å². The third kappa shape index (κ3) is 4.67. The molecule has 0 spiro atoms. The molecule has 5 rings (SSSR count). The molecule has 0 saturated heterocycles. The zero-order chi connectivity index (χ0) is 24.6. The molecule has 0 fully saturated rings. The lowest BCUT2D eigenvalue weighted by Gasteiger charge is -2.18. The van der Waals surface area contributed by atoms with Crippen LogP contribution in [0.5, 0.6) is 0 Å². The van der Waals surface area contributed by atoms with Gasteiger partial charge in [-0.1, -0.05) is 30.3 Å². The summed E-state index contributed by atoms with van der Waals surface area (Å²) < 4.78 is 1.77. The Bertz CT molecular complexity index is 1390. The van der Waals surface area contributed by atoms with E-state index in [2.05, 4.69) is 32.5 Å². The van der Waals surface area contributed by atoms with Crippen molar-refractivity contribution in [3.63, 3.8) is 0 Å². The molecule has 2 N–H and O–H groups in total. The molecule has 1 aliphatic carbocycles. The summed E-state index contributed by atoms with van der Waals surface area (Å²) in [6.45, 7) is 6.08. The van der Waals surface area contributed by atoms with Crippen LogP contribution < -0.4 is 5.32 Å². The van der Waals surface area contributed by atoms with Crippen LogP contribution >= 0.6 is 0 Å². The maximum Gasteiger partial charge on any atom is 0.260 e. The van der Waals surface area contributed by atoms with Crippen molar-refractivity contribution in [1.82, 2.24) is 19.7 Å². The van der Waals surface area contributed by atoms with Crippen LogP contribution in [-0.2, 0) is 18.4 Å². The van der Waals surface area contributed by atoms with Crippen molar-refractivity contribution >= 4 is 17.5 Å². The van der Waals surface area contributed by atoms with Crippen LogP contribution in [0.25, 0.3) is 11.3 Å². The van der Waals surface area contributed by atoms with E-state index in [4.69, 9.17) is 0 Å². The van der Waals surface area contributed by atoms with Crippen molar-refractivity contribution in [1.29, 1.82) is 0 Å². The molecule has 7 heteroatoms. The number of carbonyl (C=O) groups excluding carboxylic acids is 2. The van der Waals surface area contributed by atoms with Gasteiger partial charge >= 0.3 is 0 Å². The van der Waals surface area contributed by atoms with Crippen LogP contribution in [0.4, 0.5) is 5.82 Å². The van der Waals surface area contributed by atoms with E-state index < -0.39 is 0 Å².